The normalized spacial score (nSPS) is 16.7. The van der Waals surface area contributed by atoms with Crippen molar-refractivity contribution in [3.05, 3.63) is 114 Å². The first-order valence-electron chi connectivity index (χ1n) is 17.1. The number of aromatic amines is 1. The number of hydrogen-bond donors (Lipinski definition) is 5. The summed E-state index contributed by atoms with van der Waals surface area (Å²) in [6.07, 6.45) is 3.45. The first-order chi connectivity index (χ1) is 24.7. The minimum atomic E-state index is -3.79. The smallest absolute Gasteiger partial charge is 0.247 e. The predicted octanol–water partition coefficient (Wildman–Crippen LogP) is 4.75. The van der Waals surface area contributed by atoms with E-state index in [-0.39, 0.29) is 35.6 Å². The Balaban J connectivity index is 1.21. The second kappa shape index (κ2) is 16.2. The van der Waals surface area contributed by atoms with Crippen LogP contribution in [0.4, 0.5) is 5.69 Å². The quantitative estimate of drug-likeness (QED) is 0.116. The van der Waals surface area contributed by atoms with Crippen molar-refractivity contribution in [2.75, 3.05) is 11.9 Å². The summed E-state index contributed by atoms with van der Waals surface area (Å²) in [6, 6.07) is 28.3. The molecule has 51 heavy (non-hydrogen) atoms. The first kappa shape index (κ1) is 35.6. The molecule has 1 aromatic heterocycles. The van der Waals surface area contributed by atoms with Gasteiger partial charge in [0.15, 0.2) is 5.82 Å². The Morgan fingerprint density at radius 2 is 1.63 bits per heavy atom. The van der Waals surface area contributed by atoms with Gasteiger partial charge in [-0.15, -0.1) is 5.10 Å². The highest BCUT2D eigenvalue weighted by Gasteiger charge is 2.29. The Morgan fingerprint density at radius 3 is 2.33 bits per heavy atom. The van der Waals surface area contributed by atoms with Crippen LogP contribution in [0, 0.1) is 18.8 Å². The van der Waals surface area contributed by atoms with Gasteiger partial charge in [0, 0.05) is 30.1 Å². The molecule has 1 aliphatic carbocycles. The van der Waals surface area contributed by atoms with Crippen molar-refractivity contribution in [1.29, 1.82) is 0 Å². The largest absolute Gasteiger partial charge is 0.344 e. The van der Waals surface area contributed by atoms with Crippen molar-refractivity contribution in [3.63, 3.8) is 0 Å². The maximum Gasteiger partial charge on any atom is 0.247 e. The second-order valence-corrected chi connectivity index (χ2v) is 14.8. The Labute approximate surface area is 297 Å². The number of nitrogens with one attached hydrogen (secondary N) is 4. The van der Waals surface area contributed by atoms with Gasteiger partial charge in [-0.2, -0.15) is 0 Å². The van der Waals surface area contributed by atoms with Crippen LogP contribution < -0.4 is 21.1 Å². The molecule has 1 atom stereocenters. The fourth-order valence-electron chi connectivity index (χ4n) is 6.42. The van der Waals surface area contributed by atoms with Crippen molar-refractivity contribution in [2.24, 2.45) is 17.6 Å². The Hall–Kier alpha value is -5.24. The van der Waals surface area contributed by atoms with Crippen molar-refractivity contribution >= 4 is 27.5 Å². The Kier molecular flexibility index (Phi) is 11.3. The average molecular weight is 707 g/mol. The monoisotopic (exact) mass is 706 g/mol. The van der Waals surface area contributed by atoms with E-state index in [9.17, 15) is 18.0 Å². The summed E-state index contributed by atoms with van der Waals surface area (Å²) in [7, 11) is -3.79. The molecule has 1 saturated carbocycles. The lowest BCUT2D eigenvalue weighted by atomic mass is 9.81. The van der Waals surface area contributed by atoms with Gasteiger partial charge >= 0.3 is 0 Å². The maximum atomic E-state index is 13.8. The molecule has 0 spiro atoms. The van der Waals surface area contributed by atoms with Gasteiger partial charge in [-0.3, -0.25) is 9.59 Å². The number of anilines is 1. The summed E-state index contributed by atoms with van der Waals surface area (Å²) in [5.41, 5.74) is 11.3. The summed E-state index contributed by atoms with van der Waals surface area (Å²) in [5, 5.41) is 19.8. The molecule has 0 unspecified atom stereocenters. The highest BCUT2D eigenvalue weighted by molar-refractivity contribution is 7.89. The topological polar surface area (TPSA) is 185 Å². The zero-order valence-corrected chi connectivity index (χ0v) is 29.2. The van der Waals surface area contributed by atoms with Gasteiger partial charge in [0.25, 0.3) is 0 Å². The van der Waals surface area contributed by atoms with Crippen LogP contribution in [-0.4, -0.2) is 53.4 Å². The van der Waals surface area contributed by atoms with Crippen LogP contribution >= 0.6 is 0 Å². The van der Waals surface area contributed by atoms with E-state index in [4.69, 9.17) is 5.73 Å². The number of nitrogens with two attached hydrogens (primary N) is 1. The van der Waals surface area contributed by atoms with Gasteiger partial charge < -0.3 is 16.4 Å². The lowest BCUT2D eigenvalue weighted by Crippen LogP contribution is -2.48. The van der Waals surface area contributed by atoms with E-state index in [1.807, 2.05) is 61.5 Å². The number of hydrogen-bond acceptors (Lipinski definition) is 8. The predicted molar refractivity (Wildman–Crippen MR) is 195 cm³/mol. The number of sulfonamides is 1. The number of tetrazole rings is 1. The molecule has 5 aromatic rings. The van der Waals surface area contributed by atoms with Gasteiger partial charge in [-0.05, 0) is 120 Å². The molecule has 2 amide bonds. The van der Waals surface area contributed by atoms with E-state index in [0.717, 1.165) is 59.1 Å². The fraction of sp³-hybridized carbons (Fsp3) is 0.289. The van der Waals surface area contributed by atoms with Crippen LogP contribution in [-0.2, 0) is 32.6 Å². The molecule has 0 bridgehead atoms. The molecule has 6 N–H and O–H groups in total. The van der Waals surface area contributed by atoms with Crippen LogP contribution in [0.5, 0.6) is 0 Å². The van der Waals surface area contributed by atoms with Gasteiger partial charge in [-0.1, -0.05) is 60.7 Å². The molecule has 1 aliphatic rings. The second-order valence-electron chi connectivity index (χ2n) is 13.0. The third kappa shape index (κ3) is 9.11. The SMILES string of the molecule is Cc1ccc(S(=O)(=O)NCc2ccccc2)cc1-c1cccc(C[C@H](NC(=O)C2CCC(CN)CC2)C(=O)Nc2ccc(-c3nnn[nH]3)cc2)c1. The third-order valence-corrected chi connectivity index (χ3v) is 10.9. The van der Waals surface area contributed by atoms with Gasteiger partial charge in [0.05, 0.1) is 4.90 Å². The van der Waals surface area contributed by atoms with Crippen LogP contribution in [0.3, 0.4) is 0 Å². The van der Waals surface area contributed by atoms with Crippen molar-refractivity contribution < 1.29 is 18.0 Å². The summed E-state index contributed by atoms with van der Waals surface area (Å²) in [4.78, 5) is 27.5. The minimum absolute atomic E-state index is 0.147. The van der Waals surface area contributed by atoms with Crippen molar-refractivity contribution in [2.45, 2.75) is 56.5 Å². The van der Waals surface area contributed by atoms with Gasteiger partial charge in [-0.25, -0.2) is 18.2 Å². The zero-order chi connectivity index (χ0) is 35.8. The van der Waals surface area contributed by atoms with E-state index >= 15 is 0 Å². The molecule has 0 radical (unpaired) electrons. The number of amides is 2. The molecule has 264 valence electrons. The van der Waals surface area contributed by atoms with Crippen LogP contribution in [0.15, 0.2) is 102 Å². The van der Waals surface area contributed by atoms with Crippen LogP contribution in [0.25, 0.3) is 22.5 Å². The van der Waals surface area contributed by atoms with E-state index in [0.29, 0.717) is 24.0 Å². The molecule has 1 fully saturated rings. The molecule has 6 rings (SSSR count). The third-order valence-electron chi connectivity index (χ3n) is 9.46. The molecule has 4 aromatic carbocycles. The number of carbonyl (C=O) groups is 2. The number of H-pyrrole nitrogens is 1. The highest BCUT2D eigenvalue weighted by atomic mass is 32.2. The maximum absolute atomic E-state index is 13.8. The van der Waals surface area contributed by atoms with E-state index in [1.165, 1.54) is 0 Å². The van der Waals surface area contributed by atoms with Crippen molar-refractivity contribution in [1.82, 2.24) is 30.7 Å². The van der Waals surface area contributed by atoms with E-state index in [2.05, 4.69) is 36.0 Å². The van der Waals surface area contributed by atoms with Crippen LogP contribution in [0.2, 0.25) is 0 Å². The van der Waals surface area contributed by atoms with Crippen LogP contribution in [0.1, 0.15) is 42.4 Å². The Bertz CT molecular complexity index is 2050. The zero-order valence-electron chi connectivity index (χ0n) is 28.4. The molecule has 1 heterocycles. The Morgan fingerprint density at radius 1 is 0.882 bits per heavy atom. The molecule has 0 aliphatic heterocycles. The summed E-state index contributed by atoms with van der Waals surface area (Å²) < 4.78 is 29.2. The van der Waals surface area contributed by atoms with Gasteiger partial charge in [0.2, 0.25) is 21.8 Å². The number of rotatable bonds is 13. The number of aryl methyl sites for hydroxylation is 1. The summed E-state index contributed by atoms with van der Waals surface area (Å²) >= 11 is 0. The number of benzene rings is 4. The van der Waals surface area contributed by atoms with Crippen molar-refractivity contribution in [3.8, 4) is 22.5 Å². The molecular weight excluding hydrogens is 665 g/mol. The number of nitrogens with zero attached hydrogens (tertiary/aromatic N) is 3. The molecular formula is C38H42N8O4S. The molecule has 13 heteroatoms. The highest BCUT2D eigenvalue weighted by Crippen LogP contribution is 2.30. The fourth-order valence-corrected chi connectivity index (χ4v) is 7.46. The average Bonchev–Trinajstić information content (AvgIpc) is 3.70. The molecule has 0 saturated heterocycles. The minimum Gasteiger partial charge on any atom is -0.344 e. The number of aromatic nitrogens is 4. The summed E-state index contributed by atoms with van der Waals surface area (Å²) in [5.74, 6) is 0.235. The standard InChI is InChI=1S/C38H42N8O4S/c1-25-10-19-33(51(49,50)40-24-27-6-3-2-4-7-27)22-34(25)31-9-5-8-28(20-31)21-35(42-37(47)30-13-11-26(23-39)12-14-30)38(48)41-32-17-15-29(16-18-32)36-43-45-46-44-36/h2-10,15-20,22,26,30,35,40H,11-14,21,23-24,39H2,1H3,(H,41,48)(H,42,47)(H,43,44,45,46)/t26?,30?,35-/m0/s1. The lowest BCUT2D eigenvalue weighted by Gasteiger charge is -2.28. The summed E-state index contributed by atoms with van der Waals surface area (Å²) in [6.45, 7) is 2.71. The first-order valence-corrected chi connectivity index (χ1v) is 18.6. The lowest BCUT2D eigenvalue weighted by molar-refractivity contribution is -0.130. The van der Waals surface area contributed by atoms with Gasteiger partial charge in [0.1, 0.15) is 6.04 Å². The molecule has 12 nitrogen and oxygen atoms in total. The number of carbonyl (C=O) groups excluding carboxylic acids is 2. The van der Waals surface area contributed by atoms with E-state index < -0.39 is 16.1 Å². The van der Waals surface area contributed by atoms with E-state index in [1.54, 1.807) is 42.5 Å².